The zero-order valence-electron chi connectivity index (χ0n) is 19.5. The van der Waals surface area contributed by atoms with Gasteiger partial charge in [-0.1, -0.05) is 0 Å². The molecule has 0 unspecified atom stereocenters. The Kier molecular flexibility index (Phi) is 6.59. The van der Waals surface area contributed by atoms with E-state index >= 15 is 0 Å². The number of aryl methyl sites for hydroxylation is 2. The lowest BCUT2D eigenvalue weighted by Crippen LogP contribution is -2.50. The number of nitrogens with zero attached hydrogens (tertiary/aromatic N) is 5. The Bertz CT molecular complexity index is 1380. The number of methoxy groups -OCH3 is 1. The molecule has 12 heteroatoms. The molecule has 1 aliphatic heterocycles. The molecule has 2 aromatic carbocycles. The Balaban J connectivity index is 1.44. The topological polar surface area (TPSA) is 128 Å². The lowest BCUT2D eigenvalue weighted by molar-refractivity contribution is -0.386. The standard InChI is InChI=1S/C23H25N5O6S/c1-16-14-17(2)27(24-16)19-6-4-18(5-7-19)23(29)25-10-12-26(13-11-25)35(32,33)20-8-9-22(34-3)21(15-20)28(30)31/h4-9,14-15H,10-13H2,1-3H3. The number of benzene rings is 2. The van der Waals surface area contributed by atoms with Crippen LogP contribution in [-0.2, 0) is 10.0 Å². The van der Waals surface area contributed by atoms with Crippen LogP contribution in [0.4, 0.5) is 5.69 Å². The largest absolute Gasteiger partial charge is 0.490 e. The quantitative estimate of drug-likeness (QED) is 0.377. The summed E-state index contributed by atoms with van der Waals surface area (Å²) in [5, 5.41) is 15.7. The van der Waals surface area contributed by atoms with Gasteiger partial charge in [-0.05, 0) is 56.3 Å². The number of ether oxygens (including phenoxy) is 1. The first-order valence-corrected chi connectivity index (χ1v) is 12.3. The highest BCUT2D eigenvalue weighted by Crippen LogP contribution is 2.31. The van der Waals surface area contributed by atoms with Crippen molar-refractivity contribution in [1.29, 1.82) is 0 Å². The number of amides is 1. The Morgan fingerprint density at radius 1 is 1.03 bits per heavy atom. The number of aromatic nitrogens is 2. The summed E-state index contributed by atoms with van der Waals surface area (Å²) in [4.78, 5) is 25.0. The third-order valence-electron chi connectivity index (χ3n) is 5.88. The van der Waals surface area contributed by atoms with E-state index in [1.54, 1.807) is 21.7 Å². The molecule has 3 aromatic rings. The van der Waals surface area contributed by atoms with Gasteiger partial charge >= 0.3 is 5.69 Å². The van der Waals surface area contributed by atoms with Crippen molar-refractivity contribution < 1.29 is 22.9 Å². The van der Waals surface area contributed by atoms with Crippen LogP contribution < -0.4 is 4.74 Å². The molecule has 11 nitrogen and oxygen atoms in total. The van der Waals surface area contributed by atoms with Crippen molar-refractivity contribution in [2.45, 2.75) is 18.7 Å². The number of hydrogen-bond donors (Lipinski definition) is 0. The molecule has 0 saturated carbocycles. The molecule has 1 amide bonds. The van der Waals surface area contributed by atoms with Gasteiger partial charge in [0.25, 0.3) is 5.91 Å². The third kappa shape index (κ3) is 4.75. The first-order valence-electron chi connectivity index (χ1n) is 10.9. The van der Waals surface area contributed by atoms with Gasteiger partial charge in [-0.25, -0.2) is 13.1 Å². The lowest BCUT2D eigenvalue weighted by atomic mass is 10.1. The first kappa shape index (κ1) is 24.4. The van der Waals surface area contributed by atoms with E-state index < -0.39 is 20.6 Å². The highest BCUT2D eigenvalue weighted by molar-refractivity contribution is 7.89. The van der Waals surface area contributed by atoms with E-state index in [1.165, 1.54) is 23.5 Å². The average Bonchev–Trinajstić information content (AvgIpc) is 3.20. The van der Waals surface area contributed by atoms with E-state index in [0.29, 0.717) is 5.56 Å². The molecule has 1 aromatic heterocycles. The van der Waals surface area contributed by atoms with E-state index in [2.05, 4.69) is 5.10 Å². The summed E-state index contributed by atoms with van der Waals surface area (Å²) in [7, 11) is -2.69. The van der Waals surface area contributed by atoms with Crippen LogP contribution in [0, 0.1) is 24.0 Å². The molecule has 4 rings (SSSR count). The number of sulfonamides is 1. The number of piperazine rings is 1. The smallest absolute Gasteiger partial charge is 0.312 e. The Hall–Kier alpha value is -3.77. The second-order valence-corrected chi connectivity index (χ2v) is 10.1. The van der Waals surface area contributed by atoms with Crippen molar-refractivity contribution in [3.05, 3.63) is 75.6 Å². The summed E-state index contributed by atoms with van der Waals surface area (Å²) in [6.45, 7) is 4.44. The second-order valence-electron chi connectivity index (χ2n) is 8.17. The van der Waals surface area contributed by atoms with Gasteiger partial charge in [0.05, 0.1) is 28.3 Å². The highest BCUT2D eigenvalue weighted by Gasteiger charge is 2.32. The van der Waals surface area contributed by atoms with Gasteiger partial charge in [-0.3, -0.25) is 14.9 Å². The van der Waals surface area contributed by atoms with Gasteiger partial charge in [0, 0.05) is 43.5 Å². The van der Waals surface area contributed by atoms with Gasteiger partial charge in [-0.15, -0.1) is 0 Å². The maximum atomic E-state index is 13.1. The molecule has 35 heavy (non-hydrogen) atoms. The van der Waals surface area contributed by atoms with Crippen LogP contribution in [0.5, 0.6) is 5.75 Å². The molecular weight excluding hydrogens is 474 g/mol. The Morgan fingerprint density at radius 2 is 1.69 bits per heavy atom. The van der Waals surface area contributed by atoms with Crippen LogP contribution in [0.3, 0.4) is 0 Å². The van der Waals surface area contributed by atoms with Gasteiger partial charge in [-0.2, -0.15) is 9.40 Å². The van der Waals surface area contributed by atoms with Crippen LogP contribution in [0.25, 0.3) is 5.69 Å². The molecule has 1 fully saturated rings. The molecule has 184 valence electrons. The normalized spacial score (nSPS) is 14.7. The number of nitro groups is 1. The number of carbonyl (C=O) groups is 1. The maximum absolute atomic E-state index is 13.1. The molecule has 0 N–H and O–H groups in total. The van der Waals surface area contributed by atoms with E-state index in [-0.39, 0.29) is 42.7 Å². The zero-order valence-corrected chi connectivity index (χ0v) is 20.4. The van der Waals surface area contributed by atoms with Crippen molar-refractivity contribution in [2.75, 3.05) is 33.3 Å². The molecular formula is C23H25N5O6S. The highest BCUT2D eigenvalue weighted by atomic mass is 32.2. The van der Waals surface area contributed by atoms with Crippen molar-refractivity contribution >= 4 is 21.6 Å². The van der Waals surface area contributed by atoms with Crippen LogP contribution in [0.2, 0.25) is 0 Å². The number of hydrogen-bond acceptors (Lipinski definition) is 7. The fourth-order valence-electron chi connectivity index (χ4n) is 4.07. The van der Waals surface area contributed by atoms with E-state index in [0.717, 1.165) is 23.1 Å². The molecule has 2 heterocycles. The van der Waals surface area contributed by atoms with Crippen molar-refractivity contribution in [3.63, 3.8) is 0 Å². The predicted octanol–water partition coefficient (Wildman–Crippen LogP) is 2.55. The lowest BCUT2D eigenvalue weighted by Gasteiger charge is -2.34. The molecule has 0 radical (unpaired) electrons. The SMILES string of the molecule is COc1ccc(S(=O)(=O)N2CCN(C(=O)c3ccc(-n4nc(C)cc4C)cc3)CC2)cc1[N+](=O)[O-]. The van der Waals surface area contributed by atoms with E-state index in [1.807, 2.05) is 32.0 Å². The minimum Gasteiger partial charge on any atom is -0.490 e. The summed E-state index contributed by atoms with van der Waals surface area (Å²) in [5.41, 5.74) is 2.81. The van der Waals surface area contributed by atoms with Crippen LogP contribution >= 0.6 is 0 Å². The minimum atomic E-state index is -3.97. The monoisotopic (exact) mass is 499 g/mol. The Morgan fingerprint density at radius 3 is 2.23 bits per heavy atom. The van der Waals surface area contributed by atoms with Crippen molar-refractivity contribution in [1.82, 2.24) is 19.0 Å². The fraction of sp³-hybridized carbons (Fsp3) is 0.304. The van der Waals surface area contributed by atoms with Crippen LogP contribution in [0.15, 0.2) is 53.4 Å². The maximum Gasteiger partial charge on any atom is 0.312 e. The molecule has 0 bridgehead atoms. The zero-order chi connectivity index (χ0) is 25.3. The summed E-state index contributed by atoms with van der Waals surface area (Å²) in [5.74, 6) is -0.213. The Labute approximate surface area is 202 Å². The van der Waals surface area contributed by atoms with E-state index in [9.17, 15) is 23.3 Å². The number of carbonyl (C=O) groups excluding carboxylic acids is 1. The fourth-order valence-corrected chi connectivity index (χ4v) is 5.51. The third-order valence-corrected chi connectivity index (χ3v) is 7.77. The second kappa shape index (κ2) is 9.47. The first-order chi connectivity index (χ1) is 16.6. The summed E-state index contributed by atoms with van der Waals surface area (Å²) >= 11 is 0. The molecule has 0 aliphatic carbocycles. The van der Waals surface area contributed by atoms with Gasteiger partial charge < -0.3 is 9.64 Å². The van der Waals surface area contributed by atoms with Crippen molar-refractivity contribution in [2.24, 2.45) is 0 Å². The number of rotatable bonds is 6. The van der Waals surface area contributed by atoms with Crippen LogP contribution in [0.1, 0.15) is 21.7 Å². The minimum absolute atomic E-state index is 0.0202. The van der Waals surface area contributed by atoms with Crippen LogP contribution in [-0.4, -0.2) is 71.5 Å². The van der Waals surface area contributed by atoms with Gasteiger partial charge in [0.15, 0.2) is 5.75 Å². The predicted molar refractivity (Wildman–Crippen MR) is 127 cm³/mol. The van der Waals surface area contributed by atoms with Gasteiger partial charge in [0.1, 0.15) is 0 Å². The molecule has 0 atom stereocenters. The molecule has 1 saturated heterocycles. The molecule has 0 spiro atoms. The summed E-state index contributed by atoms with van der Waals surface area (Å²) < 4.78 is 34.1. The van der Waals surface area contributed by atoms with Crippen molar-refractivity contribution in [3.8, 4) is 11.4 Å². The summed E-state index contributed by atoms with van der Waals surface area (Å²) in [6, 6.07) is 12.6. The number of nitro benzene ring substituents is 1. The summed E-state index contributed by atoms with van der Waals surface area (Å²) in [6.07, 6.45) is 0. The van der Waals surface area contributed by atoms with Gasteiger partial charge in [0.2, 0.25) is 10.0 Å². The molecule has 1 aliphatic rings. The van der Waals surface area contributed by atoms with E-state index in [4.69, 9.17) is 4.74 Å². The average molecular weight is 500 g/mol.